The normalized spacial score (nSPS) is 11.1. The highest BCUT2D eigenvalue weighted by molar-refractivity contribution is 5.92. The number of nitrogens with zero attached hydrogens (tertiary/aromatic N) is 3. The minimum absolute atomic E-state index is 0.134. The number of carboxylic acid groups (broad SMARTS) is 1. The van der Waals surface area contributed by atoms with Gasteiger partial charge in [-0.05, 0) is 64.8 Å². The van der Waals surface area contributed by atoms with Crippen molar-refractivity contribution >= 4 is 16.7 Å². The topological polar surface area (TPSA) is 77.2 Å². The van der Waals surface area contributed by atoms with E-state index in [-0.39, 0.29) is 6.42 Å². The summed E-state index contributed by atoms with van der Waals surface area (Å²) < 4.78 is 7.75. The van der Waals surface area contributed by atoms with Crippen LogP contribution in [0.3, 0.4) is 0 Å². The van der Waals surface area contributed by atoms with E-state index in [1.165, 1.54) is 0 Å². The maximum absolute atomic E-state index is 10.8. The molecule has 0 aliphatic carbocycles. The van der Waals surface area contributed by atoms with Gasteiger partial charge in [0, 0.05) is 34.3 Å². The molecule has 0 saturated carbocycles. The summed E-state index contributed by atoms with van der Waals surface area (Å²) in [7, 11) is 0. The van der Waals surface area contributed by atoms with Gasteiger partial charge in [-0.25, -0.2) is 0 Å². The van der Waals surface area contributed by atoms with Gasteiger partial charge in [-0.2, -0.15) is 10.2 Å². The predicted molar refractivity (Wildman–Crippen MR) is 105 cm³/mol. The zero-order valence-corrected chi connectivity index (χ0v) is 16.2. The maximum atomic E-state index is 10.8. The van der Waals surface area contributed by atoms with Crippen LogP contribution in [-0.4, -0.2) is 32.4 Å². The molecule has 2 aromatic heterocycles. The SMILES string of the molecule is CCOc1ccc(-n2c(C)c3c(C)nnc(CCCC(=O)O)c3c2C)cc1. The third kappa shape index (κ3) is 3.65. The fourth-order valence-electron chi connectivity index (χ4n) is 3.70. The van der Waals surface area contributed by atoms with E-state index < -0.39 is 5.97 Å². The summed E-state index contributed by atoms with van der Waals surface area (Å²) in [6.45, 7) is 8.73. The summed E-state index contributed by atoms with van der Waals surface area (Å²) in [6.07, 6.45) is 1.28. The molecule has 0 saturated heterocycles. The van der Waals surface area contributed by atoms with Gasteiger partial charge in [0.15, 0.2) is 0 Å². The molecule has 0 atom stereocenters. The molecule has 0 aliphatic rings. The maximum Gasteiger partial charge on any atom is 0.303 e. The number of carbonyl (C=O) groups is 1. The second-order valence-electron chi connectivity index (χ2n) is 6.66. The van der Waals surface area contributed by atoms with Gasteiger partial charge in [-0.15, -0.1) is 0 Å². The average molecular weight is 367 g/mol. The smallest absolute Gasteiger partial charge is 0.303 e. The van der Waals surface area contributed by atoms with Crippen molar-refractivity contribution in [3.63, 3.8) is 0 Å². The van der Waals surface area contributed by atoms with Crippen molar-refractivity contribution in [3.8, 4) is 11.4 Å². The second-order valence-corrected chi connectivity index (χ2v) is 6.66. The molecule has 0 aliphatic heterocycles. The zero-order valence-electron chi connectivity index (χ0n) is 16.2. The van der Waals surface area contributed by atoms with E-state index in [1.54, 1.807) is 0 Å². The summed E-state index contributed by atoms with van der Waals surface area (Å²) in [6, 6.07) is 8.04. The fraction of sp³-hybridized carbons (Fsp3) is 0.381. The molecule has 3 rings (SSSR count). The fourth-order valence-corrected chi connectivity index (χ4v) is 3.70. The third-order valence-electron chi connectivity index (χ3n) is 4.83. The number of hydrogen-bond donors (Lipinski definition) is 1. The number of rotatable bonds is 7. The molecule has 142 valence electrons. The minimum atomic E-state index is -0.786. The van der Waals surface area contributed by atoms with Crippen LogP contribution in [0.5, 0.6) is 5.75 Å². The number of aliphatic carboxylic acids is 1. The number of ether oxygens (including phenoxy) is 1. The van der Waals surface area contributed by atoms with Crippen molar-refractivity contribution in [1.29, 1.82) is 0 Å². The van der Waals surface area contributed by atoms with E-state index >= 15 is 0 Å². The lowest BCUT2D eigenvalue weighted by molar-refractivity contribution is -0.137. The highest BCUT2D eigenvalue weighted by Gasteiger charge is 2.19. The molecule has 0 fully saturated rings. The van der Waals surface area contributed by atoms with E-state index in [9.17, 15) is 4.79 Å². The van der Waals surface area contributed by atoms with Crippen molar-refractivity contribution < 1.29 is 14.6 Å². The Bertz CT molecular complexity index is 975. The number of aromatic nitrogens is 3. The lowest BCUT2D eigenvalue weighted by Crippen LogP contribution is -2.01. The Balaban J connectivity index is 2.09. The summed E-state index contributed by atoms with van der Waals surface area (Å²) in [5.74, 6) is 0.0633. The standard InChI is InChI=1S/C21H25N3O3/c1-5-27-17-11-9-16(10-12-17)24-14(3)20-13(2)22-23-18(21(20)15(24)4)7-6-8-19(25)26/h9-12H,5-8H2,1-4H3,(H,25,26). The Hall–Kier alpha value is -2.89. The van der Waals surface area contributed by atoms with Crippen molar-refractivity contribution in [2.24, 2.45) is 0 Å². The van der Waals surface area contributed by atoms with Crippen LogP contribution < -0.4 is 4.74 Å². The summed E-state index contributed by atoms with van der Waals surface area (Å²) >= 11 is 0. The lowest BCUT2D eigenvalue weighted by Gasteiger charge is -2.10. The van der Waals surface area contributed by atoms with E-state index in [1.807, 2.05) is 38.1 Å². The van der Waals surface area contributed by atoms with Gasteiger partial charge >= 0.3 is 5.97 Å². The molecule has 3 aromatic rings. The first-order valence-corrected chi connectivity index (χ1v) is 9.22. The van der Waals surface area contributed by atoms with Gasteiger partial charge < -0.3 is 14.4 Å². The van der Waals surface area contributed by atoms with Crippen molar-refractivity contribution in [2.75, 3.05) is 6.61 Å². The van der Waals surface area contributed by atoms with E-state index in [0.29, 0.717) is 19.4 Å². The Morgan fingerprint density at radius 1 is 1.07 bits per heavy atom. The molecular formula is C21H25N3O3. The molecule has 0 amide bonds. The molecule has 0 spiro atoms. The molecule has 27 heavy (non-hydrogen) atoms. The highest BCUT2D eigenvalue weighted by atomic mass is 16.5. The van der Waals surface area contributed by atoms with Crippen LogP contribution in [0.4, 0.5) is 0 Å². The van der Waals surface area contributed by atoms with Crippen molar-refractivity contribution in [2.45, 2.75) is 47.0 Å². The minimum Gasteiger partial charge on any atom is -0.494 e. The number of aryl methyl sites for hydroxylation is 4. The van der Waals surface area contributed by atoms with Gasteiger partial charge in [-0.3, -0.25) is 4.79 Å². The van der Waals surface area contributed by atoms with Crippen molar-refractivity contribution in [1.82, 2.24) is 14.8 Å². The van der Waals surface area contributed by atoms with Crippen LogP contribution >= 0.6 is 0 Å². The molecule has 0 radical (unpaired) electrons. The third-order valence-corrected chi connectivity index (χ3v) is 4.83. The number of fused-ring (bicyclic) bond motifs is 1. The first kappa shape index (κ1) is 18.9. The van der Waals surface area contributed by atoms with Crippen molar-refractivity contribution in [3.05, 3.63) is 47.0 Å². The van der Waals surface area contributed by atoms with Gasteiger partial charge in [0.2, 0.25) is 0 Å². The number of hydrogen-bond acceptors (Lipinski definition) is 4. The Morgan fingerprint density at radius 2 is 1.74 bits per heavy atom. The van der Waals surface area contributed by atoms with E-state index in [2.05, 4.69) is 28.6 Å². The lowest BCUT2D eigenvalue weighted by atomic mass is 10.1. The molecule has 6 nitrogen and oxygen atoms in total. The van der Waals surface area contributed by atoms with Crippen LogP contribution in [0.25, 0.3) is 16.5 Å². The zero-order chi connectivity index (χ0) is 19.6. The molecule has 6 heteroatoms. The van der Waals surface area contributed by atoms with Crippen LogP contribution in [0, 0.1) is 20.8 Å². The highest BCUT2D eigenvalue weighted by Crippen LogP contribution is 2.32. The molecule has 0 bridgehead atoms. The van der Waals surface area contributed by atoms with E-state index in [4.69, 9.17) is 9.84 Å². The number of benzene rings is 1. The predicted octanol–water partition coefficient (Wildman–Crippen LogP) is 4.15. The van der Waals surface area contributed by atoms with Crippen LogP contribution in [0.1, 0.15) is 42.5 Å². The van der Waals surface area contributed by atoms with Crippen LogP contribution in [0.2, 0.25) is 0 Å². The van der Waals surface area contributed by atoms with Gasteiger partial charge in [-0.1, -0.05) is 0 Å². The molecule has 2 heterocycles. The van der Waals surface area contributed by atoms with E-state index in [0.717, 1.165) is 45.0 Å². The largest absolute Gasteiger partial charge is 0.494 e. The molecule has 0 unspecified atom stereocenters. The van der Waals surface area contributed by atoms with Gasteiger partial charge in [0.05, 0.1) is 18.0 Å². The van der Waals surface area contributed by atoms with Crippen LogP contribution in [-0.2, 0) is 11.2 Å². The first-order chi connectivity index (χ1) is 12.9. The second kappa shape index (κ2) is 7.78. The first-order valence-electron chi connectivity index (χ1n) is 9.22. The Morgan fingerprint density at radius 3 is 2.37 bits per heavy atom. The quantitative estimate of drug-likeness (QED) is 0.679. The number of carboxylic acids is 1. The summed E-state index contributed by atoms with van der Waals surface area (Å²) in [4.78, 5) is 10.8. The van der Waals surface area contributed by atoms with Gasteiger partial charge in [0.25, 0.3) is 0 Å². The van der Waals surface area contributed by atoms with Gasteiger partial charge in [0.1, 0.15) is 5.75 Å². The molecular weight excluding hydrogens is 342 g/mol. The average Bonchev–Trinajstić information content (AvgIpc) is 2.90. The monoisotopic (exact) mass is 367 g/mol. The summed E-state index contributed by atoms with van der Waals surface area (Å²) in [5, 5.41) is 19.8. The Kier molecular flexibility index (Phi) is 5.44. The summed E-state index contributed by atoms with van der Waals surface area (Å²) in [5.41, 5.74) is 5.01. The Labute approximate surface area is 158 Å². The molecule has 1 aromatic carbocycles. The van der Waals surface area contributed by atoms with Crippen LogP contribution in [0.15, 0.2) is 24.3 Å². The molecule has 1 N–H and O–H groups in total.